The summed E-state index contributed by atoms with van der Waals surface area (Å²) >= 11 is 0. The molecule has 224 valence electrons. The van der Waals surface area contributed by atoms with E-state index in [1.54, 1.807) is 0 Å². The van der Waals surface area contributed by atoms with Crippen molar-refractivity contribution in [1.82, 2.24) is 0 Å². The molecule has 0 amide bonds. The molecule has 0 radical (unpaired) electrons. The third kappa shape index (κ3) is 16.7. The van der Waals surface area contributed by atoms with E-state index in [4.69, 9.17) is 9.47 Å². The van der Waals surface area contributed by atoms with Gasteiger partial charge in [0.05, 0.1) is 33.4 Å². The normalized spacial score (nSPS) is 12.3. The van der Waals surface area contributed by atoms with Gasteiger partial charge < -0.3 is 14.0 Å². The van der Waals surface area contributed by atoms with Gasteiger partial charge in [0.15, 0.2) is 0 Å². The maximum absolute atomic E-state index is 12.2. The second-order valence-electron chi connectivity index (χ2n) is 12.3. The van der Waals surface area contributed by atoms with Crippen LogP contribution in [0.1, 0.15) is 115 Å². The minimum atomic E-state index is -0.0981. The lowest BCUT2D eigenvalue weighted by molar-refractivity contribution is -0.903. The predicted octanol–water partition coefficient (Wildman–Crippen LogP) is 9.30. The lowest BCUT2D eigenvalue weighted by Crippen LogP contribution is -2.39. The summed E-state index contributed by atoms with van der Waals surface area (Å²) < 4.78 is 12.5. The monoisotopic (exact) mass is 552 g/mol. The first kappa shape index (κ1) is 33.9. The smallest absolute Gasteiger partial charge is 0.305 e. The molecule has 0 aliphatic rings. The van der Waals surface area contributed by atoms with Gasteiger partial charge in [0.1, 0.15) is 12.3 Å². The largest absolute Gasteiger partial charge is 0.491 e. The molecule has 0 saturated carbocycles. The van der Waals surface area contributed by atoms with Gasteiger partial charge in [-0.15, -0.1) is 0 Å². The molecule has 2 aromatic carbocycles. The number of nitrogens with zero attached hydrogens (tertiary/aromatic N) is 1. The van der Waals surface area contributed by atoms with E-state index in [0.717, 1.165) is 42.6 Å². The zero-order chi connectivity index (χ0) is 28.9. The van der Waals surface area contributed by atoms with Gasteiger partial charge in [0.2, 0.25) is 0 Å². The Hall–Kier alpha value is -2.33. The van der Waals surface area contributed by atoms with Crippen molar-refractivity contribution in [3.63, 3.8) is 0 Å². The highest BCUT2D eigenvalue weighted by Crippen LogP contribution is 2.19. The molecule has 0 bridgehead atoms. The maximum atomic E-state index is 12.2. The molecule has 4 heteroatoms. The Bertz CT molecular complexity index is 911. The van der Waals surface area contributed by atoms with E-state index in [2.05, 4.69) is 76.5 Å². The minimum absolute atomic E-state index is 0.0106. The lowest BCUT2D eigenvalue weighted by atomic mass is 10.0. The Morgan fingerprint density at radius 1 is 0.775 bits per heavy atom. The van der Waals surface area contributed by atoms with E-state index in [1.165, 1.54) is 75.3 Å². The summed E-state index contributed by atoms with van der Waals surface area (Å²) in [6, 6.07) is 19.1. The van der Waals surface area contributed by atoms with Gasteiger partial charge in [0.25, 0.3) is 0 Å². The van der Waals surface area contributed by atoms with Gasteiger partial charge in [-0.2, -0.15) is 0 Å². The summed E-state index contributed by atoms with van der Waals surface area (Å²) in [5.41, 5.74) is 2.70. The number of carbonyl (C=O) groups excluding carboxylic acids is 1. The number of quaternary nitrogens is 1. The molecule has 1 atom stereocenters. The second-order valence-corrected chi connectivity index (χ2v) is 12.3. The molecule has 2 aromatic rings. The van der Waals surface area contributed by atoms with Crippen molar-refractivity contribution in [3.8, 4) is 5.75 Å². The molecule has 0 aliphatic heterocycles. The highest BCUT2D eigenvalue weighted by molar-refractivity contribution is 5.69. The third-order valence-corrected chi connectivity index (χ3v) is 7.69. The van der Waals surface area contributed by atoms with Gasteiger partial charge in [-0.1, -0.05) is 107 Å². The van der Waals surface area contributed by atoms with Crippen LogP contribution in [0.5, 0.6) is 5.75 Å². The zero-order valence-corrected chi connectivity index (χ0v) is 26.2. The first-order chi connectivity index (χ1) is 19.4. The Morgan fingerprint density at radius 3 is 2.12 bits per heavy atom. The number of hydrogen-bond donors (Lipinski definition) is 0. The fourth-order valence-electron chi connectivity index (χ4n) is 5.26. The van der Waals surface area contributed by atoms with E-state index in [9.17, 15) is 4.79 Å². The van der Waals surface area contributed by atoms with E-state index in [0.29, 0.717) is 19.4 Å². The van der Waals surface area contributed by atoms with Crippen LogP contribution in [0.3, 0.4) is 0 Å². The van der Waals surface area contributed by atoms with Crippen molar-refractivity contribution < 1.29 is 18.8 Å². The van der Waals surface area contributed by atoms with Crippen LogP contribution in [0.25, 0.3) is 0 Å². The SMILES string of the molecule is CCCCCCCCCCCCc1cccc(OC(C)CCOC(=O)CCCC[N+](C)(C)Cc2ccccc2)c1. The molecule has 0 aliphatic carbocycles. The Morgan fingerprint density at radius 2 is 1.43 bits per heavy atom. The quantitative estimate of drug-likeness (QED) is 0.0783. The summed E-state index contributed by atoms with van der Waals surface area (Å²) in [6.45, 7) is 6.79. The number of ether oxygens (including phenoxy) is 2. The number of hydrogen-bond acceptors (Lipinski definition) is 3. The van der Waals surface area contributed by atoms with Crippen LogP contribution in [-0.4, -0.2) is 43.8 Å². The first-order valence-electron chi connectivity index (χ1n) is 16.1. The van der Waals surface area contributed by atoms with Gasteiger partial charge >= 0.3 is 5.97 Å². The number of aryl methyl sites for hydroxylation is 1. The third-order valence-electron chi connectivity index (χ3n) is 7.69. The number of esters is 1. The predicted molar refractivity (Wildman–Crippen MR) is 169 cm³/mol. The summed E-state index contributed by atoms with van der Waals surface area (Å²) in [4.78, 5) is 12.2. The maximum Gasteiger partial charge on any atom is 0.305 e. The van der Waals surface area contributed by atoms with E-state index in [-0.39, 0.29) is 12.1 Å². The van der Waals surface area contributed by atoms with Crippen molar-refractivity contribution >= 4 is 5.97 Å². The number of unbranched alkanes of at least 4 members (excludes halogenated alkanes) is 10. The molecule has 40 heavy (non-hydrogen) atoms. The molecular weight excluding hydrogens is 494 g/mol. The Kier molecular flexibility index (Phi) is 17.4. The van der Waals surface area contributed by atoms with Gasteiger partial charge in [-0.05, 0) is 50.3 Å². The van der Waals surface area contributed by atoms with Crippen molar-refractivity contribution in [2.75, 3.05) is 27.2 Å². The molecule has 0 aromatic heterocycles. The van der Waals surface area contributed by atoms with E-state index >= 15 is 0 Å². The standard InChI is InChI=1S/C36H58NO3/c1-5-6-7-8-9-10-11-12-13-15-21-33-24-20-25-35(30-33)40-32(2)27-29-39-36(38)26-18-19-28-37(3,4)31-34-22-16-14-17-23-34/h14,16-17,20,22-25,30,32H,5-13,15,18-19,21,26-29,31H2,1-4H3/q+1. The molecule has 0 saturated heterocycles. The highest BCUT2D eigenvalue weighted by Gasteiger charge is 2.16. The molecule has 1 unspecified atom stereocenters. The first-order valence-corrected chi connectivity index (χ1v) is 16.1. The van der Waals surface area contributed by atoms with Crippen LogP contribution in [0.15, 0.2) is 54.6 Å². The molecule has 2 rings (SSSR count). The van der Waals surface area contributed by atoms with Crippen LogP contribution in [0.2, 0.25) is 0 Å². The van der Waals surface area contributed by atoms with Gasteiger partial charge in [-0.25, -0.2) is 0 Å². The second kappa shape index (κ2) is 20.5. The van der Waals surface area contributed by atoms with Gasteiger partial charge in [0, 0.05) is 18.4 Å². The minimum Gasteiger partial charge on any atom is -0.491 e. The number of carbonyl (C=O) groups is 1. The van der Waals surface area contributed by atoms with E-state index < -0.39 is 0 Å². The Labute approximate surface area is 246 Å². The summed E-state index contributed by atoms with van der Waals surface area (Å²) in [7, 11) is 4.50. The highest BCUT2D eigenvalue weighted by atomic mass is 16.5. The summed E-state index contributed by atoms with van der Waals surface area (Å²) in [5.74, 6) is 0.818. The van der Waals surface area contributed by atoms with Crippen molar-refractivity contribution in [3.05, 3.63) is 65.7 Å². The average Bonchev–Trinajstić information content (AvgIpc) is 2.93. The Balaban J connectivity index is 1.51. The van der Waals surface area contributed by atoms with Crippen LogP contribution in [0.4, 0.5) is 0 Å². The topological polar surface area (TPSA) is 35.5 Å². The molecule has 0 fully saturated rings. The zero-order valence-electron chi connectivity index (χ0n) is 26.2. The van der Waals surface area contributed by atoms with Crippen molar-refractivity contribution in [1.29, 1.82) is 0 Å². The van der Waals surface area contributed by atoms with E-state index in [1.807, 2.05) is 6.07 Å². The number of rotatable bonds is 23. The fraction of sp³-hybridized carbons (Fsp3) is 0.639. The molecule has 0 N–H and O–H groups in total. The molecule has 0 spiro atoms. The lowest BCUT2D eigenvalue weighted by Gasteiger charge is -2.30. The van der Waals surface area contributed by atoms with Crippen LogP contribution in [0, 0.1) is 0 Å². The molecular formula is C36H58NO3+. The van der Waals surface area contributed by atoms with Crippen LogP contribution in [-0.2, 0) is 22.5 Å². The van der Waals surface area contributed by atoms with Crippen molar-refractivity contribution in [2.45, 2.75) is 123 Å². The molecule has 0 heterocycles. The summed E-state index contributed by atoms with van der Waals surface area (Å²) in [6.07, 6.45) is 17.8. The van der Waals surface area contributed by atoms with Gasteiger partial charge in [-0.3, -0.25) is 4.79 Å². The van der Waals surface area contributed by atoms with Crippen molar-refractivity contribution in [2.24, 2.45) is 0 Å². The molecule has 4 nitrogen and oxygen atoms in total. The van der Waals surface area contributed by atoms with Crippen LogP contribution >= 0.6 is 0 Å². The fourth-order valence-corrected chi connectivity index (χ4v) is 5.26. The number of benzene rings is 2. The van der Waals surface area contributed by atoms with Crippen LogP contribution < -0.4 is 4.74 Å². The average molecular weight is 553 g/mol. The summed E-state index contributed by atoms with van der Waals surface area (Å²) in [5, 5.41) is 0.